The molecule has 2 atom stereocenters. The van der Waals surface area contributed by atoms with E-state index in [2.05, 4.69) is 32.8 Å². The number of aromatic nitrogens is 2. The number of nitrogens with zero attached hydrogens (tertiary/aromatic N) is 2. The number of halogens is 1. The minimum atomic E-state index is -0.266. The maximum absolute atomic E-state index is 12.9. The second kappa shape index (κ2) is 11.4. The summed E-state index contributed by atoms with van der Waals surface area (Å²) < 4.78 is 10.9. The van der Waals surface area contributed by atoms with E-state index in [-0.39, 0.29) is 17.9 Å². The van der Waals surface area contributed by atoms with Gasteiger partial charge in [-0.05, 0) is 43.7 Å². The smallest absolute Gasteiger partial charge is 0.232 e. The molecule has 2 saturated heterocycles. The number of anilines is 2. The summed E-state index contributed by atoms with van der Waals surface area (Å²) in [6, 6.07) is 1.84. The Morgan fingerprint density at radius 1 is 1.26 bits per heavy atom. The maximum Gasteiger partial charge on any atom is 0.232 e. The molecule has 3 N–H and O–H groups in total. The molecule has 2 aromatic rings. The van der Waals surface area contributed by atoms with Gasteiger partial charge in [-0.25, -0.2) is 4.98 Å². The highest BCUT2D eigenvalue weighted by atomic mass is 35.5. The predicted molar refractivity (Wildman–Crippen MR) is 134 cm³/mol. The fourth-order valence-corrected chi connectivity index (χ4v) is 5.02. The van der Waals surface area contributed by atoms with E-state index in [0.717, 1.165) is 67.1 Å². The highest BCUT2D eigenvalue weighted by Gasteiger charge is 2.33. The van der Waals surface area contributed by atoms with Gasteiger partial charge in [0.1, 0.15) is 5.82 Å². The van der Waals surface area contributed by atoms with E-state index in [1.54, 1.807) is 13.3 Å². The molecule has 0 bridgehead atoms. The van der Waals surface area contributed by atoms with Gasteiger partial charge in [-0.15, -0.1) is 0 Å². The van der Waals surface area contributed by atoms with Crippen LogP contribution < -0.4 is 16.0 Å². The molecule has 2 fully saturated rings. The van der Waals surface area contributed by atoms with Gasteiger partial charge in [0, 0.05) is 63.0 Å². The standard InChI is InChI=1S/C25H34ClN5O3/c1-4-17-21(29-10-16-5-7-34-8-6-16)13-28-15(2)24(17)18-9-23(30-12-20(18)26)31-25(32)19-11-27-14-22(19)33-3/h9,12-13,16,19,22,27,29H,4-8,10-11,14H2,1-3H3,(H,30,31,32). The van der Waals surface area contributed by atoms with Crippen LogP contribution in [0.3, 0.4) is 0 Å². The lowest BCUT2D eigenvalue weighted by Crippen LogP contribution is -2.33. The second-order valence-corrected chi connectivity index (χ2v) is 9.39. The van der Waals surface area contributed by atoms with E-state index < -0.39 is 0 Å². The first kappa shape index (κ1) is 24.9. The summed E-state index contributed by atoms with van der Waals surface area (Å²) in [5.74, 6) is 0.678. The predicted octanol–water partition coefficient (Wildman–Crippen LogP) is 3.68. The van der Waals surface area contributed by atoms with Gasteiger partial charge < -0.3 is 25.4 Å². The maximum atomic E-state index is 12.9. The molecule has 1 amide bonds. The molecule has 0 aromatic carbocycles. The van der Waals surface area contributed by atoms with E-state index in [4.69, 9.17) is 21.1 Å². The van der Waals surface area contributed by atoms with Crippen molar-refractivity contribution in [3.05, 3.63) is 34.7 Å². The lowest BCUT2D eigenvalue weighted by Gasteiger charge is -2.24. The number of pyridine rings is 2. The number of carbonyl (C=O) groups excluding carboxylic acids is 1. The lowest BCUT2D eigenvalue weighted by atomic mass is 9.95. The SMILES string of the molecule is CCc1c(NCC2CCOCC2)cnc(C)c1-c1cc(NC(=O)C2CNCC2OC)ncc1Cl. The third-order valence-electron chi connectivity index (χ3n) is 6.83. The van der Waals surface area contributed by atoms with Gasteiger partial charge in [-0.1, -0.05) is 18.5 Å². The molecule has 0 spiro atoms. The average Bonchev–Trinajstić information content (AvgIpc) is 3.34. The van der Waals surface area contributed by atoms with Crippen molar-refractivity contribution in [2.75, 3.05) is 50.6 Å². The Labute approximate surface area is 206 Å². The van der Waals surface area contributed by atoms with Crippen molar-refractivity contribution < 1.29 is 14.3 Å². The minimum absolute atomic E-state index is 0.116. The fraction of sp³-hybridized carbons (Fsp3) is 0.560. The third kappa shape index (κ3) is 5.51. The van der Waals surface area contributed by atoms with Gasteiger partial charge in [-0.3, -0.25) is 9.78 Å². The topological polar surface area (TPSA) is 97.4 Å². The zero-order valence-electron chi connectivity index (χ0n) is 20.1. The van der Waals surface area contributed by atoms with E-state index in [1.807, 2.05) is 19.2 Å². The van der Waals surface area contributed by atoms with Crippen LogP contribution in [-0.2, 0) is 20.7 Å². The van der Waals surface area contributed by atoms with Gasteiger partial charge in [0.05, 0.1) is 28.9 Å². The van der Waals surface area contributed by atoms with Crippen LogP contribution in [0, 0.1) is 18.8 Å². The van der Waals surface area contributed by atoms with Crippen molar-refractivity contribution in [3.8, 4) is 11.1 Å². The molecule has 2 aliphatic rings. The largest absolute Gasteiger partial charge is 0.383 e. The Morgan fingerprint density at radius 3 is 2.79 bits per heavy atom. The van der Waals surface area contributed by atoms with Gasteiger partial charge in [0.25, 0.3) is 0 Å². The summed E-state index contributed by atoms with van der Waals surface area (Å²) in [4.78, 5) is 21.9. The third-order valence-corrected chi connectivity index (χ3v) is 7.13. The summed E-state index contributed by atoms with van der Waals surface area (Å²) in [5, 5.41) is 10.3. The van der Waals surface area contributed by atoms with Crippen LogP contribution in [-0.4, -0.2) is 61.9 Å². The zero-order chi connectivity index (χ0) is 24.1. The van der Waals surface area contributed by atoms with Crippen LogP contribution in [0.25, 0.3) is 11.1 Å². The number of amides is 1. The quantitative estimate of drug-likeness (QED) is 0.522. The van der Waals surface area contributed by atoms with Gasteiger partial charge in [0.15, 0.2) is 0 Å². The van der Waals surface area contributed by atoms with E-state index in [1.165, 1.54) is 0 Å². The Bertz CT molecular complexity index is 1010. The molecule has 0 aliphatic carbocycles. The van der Waals surface area contributed by atoms with Crippen LogP contribution >= 0.6 is 11.6 Å². The minimum Gasteiger partial charge on any atom is -0.383 e. The zero-order valence-corrected chi connectivity index (χ0v) is 20.9. The van der Waals surface area contributed by atoms with Crippen molar-refractivity contribution in [2.45, 2.75) is 39.2 Å². The first-order chi connectivity index (χ1) is 16.5. The number of carbonyl (C=O) groups is 1. The van der Waals surface area contributed by atoms with Crippen molar-refractivity contribution in [3.63, 3.8) is 0 Å². The van der Waals surface area contributed by atoms with Crippen LogP contribution in [0.2, 0.25) is 5.02 Å². The van der Waals surface area contributed by atoms with Crippen LogP contribution in [0.15, 0.2) is 18.5 Å². The van der Waals surface area contributed by atoms with Gasteiger partial charge >= 0.3 is 0 Å². The molecular formula is C25H34ClN5O3. The number of nitrogens with one attached hydrogen (secondary N) is 3. The van der Waals surface area contributed by atoms with E-state index in [9.17, 15) is 4.79 Å². The van der Waals surface area contributed by atoms with Crippen molar-refractivity contribution >= 4 is 29.0 Å². The normalized spacial score (nSPS) is 20.9. The van der Waals surface area contributed by atoms with Gasteiger partial charge in [0.2, 0.25) is 5.91 Å². The number of ether oxygens (including phenoxy) is 2. The Hall–Kier alpha value is -2.26. The molecule has 8 nitrogen and oxygen atoms in total. The summed E-state index contributed by atoms with van der Waals surface area (Å²) in [6.07, 6.45) is 6.31. The molecule has 0 saturated carbocycles. The lowest BCUT2D eigenvalue weighted by molar-refractivity contribution is -0.122. The molecule has 4 rings (SSSR count). The number of rotatable bonds is 8. The number of hydrogen-bond acceptors (Lipinski definition) is 7. The Balaban J connectivity index is 1.59. The molecule has 34 heavy (non-hydrogen) atoms. The highest BCUT2D eigenvalue weighted by Crippen LogP contribution is 2.37. The van der Waals surface area contributed by atoms with Crippen LogP contribution in [0.5, 0.6) is 0 Å². The number of aryl methyl sites for hydroxylation is 1. The molecule has 9 heteroatoms. The van der Waals surface area contributed by atoms with Crippen molar-refractivity contribution in [1.82, 2.24) is 15.3 Å². The fourth-order valence-electron chi connectivity index (χ4n) is 4.82. The molecule has 2 aromatic heterocycles. The van der Waals surface area contributed by atoms with E-state index in [0.29, 0.717) is 29.8 Å². The summed E-state index contributed by atoms with van der Waals surface area (Å²) in [5.41, 5.74) is 4.87. The van der Waals surface area contributed by atoms with Crippen molar-refractivity contribution in [1.29, 1.82) is 0 Å². The first-order valence-electron chi connectivity index (χ1n) is 12.0. The van der Waals surface area contributed by atoms with Crippen molar-refractivity contribution in [2.24, 2.45) is 11.8 Å². The highest BCUT2D eigenvalue weighted by molar-refractivity contribution is 6.33. The molecule has 2 aliphatic heterocycles. The van der Waals surface area contributed by atoms with Crippen LogP contribution in [0.1, 0.15) is 31.0 Å². The number of methoxy groups -OCH3 is 1. The van der Waals surface area contributed by atoms with Crippen LogP contribution in [0.4, 0.5) is 11.5 Å². The molecule has 4 heterocycles. The number of hydrogen-bond donors (Lipinski definition) is 3. The summed E-state index contributed by atoms with van der Waals surface area (Å²) >= 11 is 6.62. The molecule has 0 radical (unpaired) electrons. The summed E-state index contributed by atoms with van der Waals surface area (Å²) in [6.45, 7) is 7.90. The molecule has 2 unspecified atom stereocenters. The monoisotopic (exact) mass is 487 g/mol. The molecular weight excluding hydrogens is 454 g/mol. The van der Waals surface area contributed by atoms with Gasteiger partial charge in [-0.2, -0.15) is 0 Å². The Kier molecular flexibility index (Phi) is 8.37. The first-order valence-corrected chi connectivity index (χ1v) is 12.4. The molecule has 184 valence electrons. The Morgan fingerprint density at radius 2 is 2.06 bits per heavy atom. The average molecular weight is 488 g/mol. The van der Waals surface area contributed by atoms with E-state index >= 15 is 0 Å². The second-order valence-electron chi connectivity index (χ2n) is 8.98. The summed E-state index contributed by atoms with van der Waals surface area (Å²) in [7, 11) is 1.63.